The zero-order chi connectivity index (χ0) is 11.0. The van der Waals surface area contributed by atoms with Crippen molar-refractivity contribution in [3.05, 3.63) is 18.2 Å². The van der Waals surface area contributed by atoms with Crippen LogP contribution in [0.15, 0.2) is 18.2 Å². The van der Waals surface area contributed by atoms with Crippen LogP contribution in [0, 0.1) is 0 Å². The normalized spacial score (nSPS) is 15.8. The highest BCUT2D eigenvalue weighted by Crippen LogP contribution is 2.23. The van der Waals surface area contributed by atoms with Crippen molar-refractivity contribution in [2.45, 2.75) is 25.5 Å². The first-order valence-corrected chi connectivity index (χ1v) is 5.47. The van der Waals surface area contributed by atoms with E-state index in [0.29, 0.717) is 24.8 Å². The Kier molecular flexibility index (Phi) is 2.25. The Morgan fingerprint density at radius 3 is 3.12 bits per heavy atom. The fourth-order valence-electron chi connectivity index (χ4n) is 1.67. The fourth-order valence-corrected chi connectivity index (χ4v) is 1.67. The van der Waals surface area contributed by atoms with Gasteiger partial charge in [-0.15, -0.1) is 5.10 Å². The zero-order valence-corrected chi connectivity index (χ0v) is 8.83. The quantitative estimate of drug-likeness (QED) is 0.842. The Morgan fingerprint density at radius 2 is 2.31 bits per heavy atom. The van der Waals surface area contributed by atoms with Crippen LogP contribution in [0.3, 0.4) is 0 Å². The Balaban J connectivity index is 1.75. The minimum atomic E-state index is 0.216. The number of hydrogen-bond donors (Lipinski definition) is 1. The third-order valence-corrected chi connectivity index (χ3v) is 2.68. The minimum absolute atomic E-state index is 0.216. The van der Waals surface area contributed by atoms with Crippen LogP contribution >= 0.6 is 0 Å². The van der Waals surface area contributed by atoms with Gasteiger partial charge in [0.1, 0.15) is 11.3 Å². The van der Waals surface area contributed by atoms with E-state index in [4.69, 9.17) is 4.74 Å². The number of phenolic OH excluding ortho intramolecular Hbond substituents is 1. The molecule has 0 spiro atoms. The van der Waals surface area contributed by atoms with E-state index in [1.165, 1.54) is 12.8 Å². The Hall–Kier alpha value is -1.62. The molecule has 1 fully saturated rings. The molecular weight excluding hydrogens is 206 g/mol. The molecule has 3 rings (SSSR count). The topological polar surface area (TPSA) is 60.2 Å². The molecule has 0 aliphatic heterocycles. The molecule has 1 aromatic heterocycles. The molecule has 0 saturated heterocycles. The maximum absolute atomic E-state index is 9.29. The van der Waals surface area contributed by atoms with Gasteiger partial charge in [0.25, 0.3) is 0 Å². The van der Waals surface area contributed by atoms with Gasteiger partial charge in [-0.1, -0.05) is 5.21 Å². The molecule has 5 nitrogen and oxygen atoms in total. The number of aromatic hydroxyl groups is 1. The maximum atomic E-state index is 9.29. The van der Waals surface area contributed by atoms with E-state index in [1.54, 1.807) is 16.8 Å². The van der Waals surface area contributed by atoms with Crippen LogP contribution in [0.1, 0.15) is 12.8 Å². The summed E-state index contributed by atoms with van der Waals surface area (Å²) in [6.45, 7) is 1.38. The van der Waals surface area contributed by atoms with Crippen molar-refractivity contribution in [2.75, 3.05) is 6.61 Å². The van der Waals surface area contributed by atoms with Crippen molar-refractivity contribution in [3.8, 4) is 5.75 Å². The fraction of sp³-hybridized carbons (Fsp3) is 0.455. The molecule has 0 unspecified atom stereocenters. The summed E-state index contributed by atoms with van der Waals surface area (Å²) in [5.41, 5.74) is 1.64. The van der Waals surface area contributed by atoms with Crippen LogP contribution < -0.4 is 0 Å². The van der Waals surface area contributed by atoms with E-state index in [-0.39, 0.29) is 5.75 Å². The SMILES string of the molecule is Oc1ccc2c(c1)nnn2CCOC1CC1. The lowest BCUT2D eigenvalue weighted by Gasteiger charge is -2.02. The third kappa shape index (κ3) is 1.86. The molecule has 0 bridgehead atoms. The van der Waals surface area contributed by atoms with Gasteiger partial charge in [-0.05, 0) is 25.0 Å². The summed E-state index contributed by atoms with van der Waals surface area (Å²) in [7, 11) is 0. The zero-order valence-electron chi connectivity index (χ0n) is 8.83. The molecule has 1 aliphatic carbocycles. The molecule has 0 atom stereocenters. The number of rotatable bonds is 4. The number of benzene rings is 1. The van der Waals surface area contributed by atoms with Crippen molar-refractivity contribution in [1.82, 2.24) is 15.0 Å². The average molecular weight is 219 g/mol. The predicted molar refractivity (Wildman–Crippen MR) is 58.2 cm³/mol. The van der Waals surface area contributed by atoms with E-state index in [0.717, 1.165) is 5.52 Å². The predicted octanol–water partition coefficient (Wildman–Crippen LogP) is 1.32. The number of ether oxygens (including phenoxy) is 1. The van der Waals surface area contributed by atoms with Gasteiger partial charge < -0.3 is 9.84 Å². The summed E-state index contributed by atoms with van der Waals surface area (Å²) in [6.07, 6.45) is 2.84. The number of aromatic nitrogens is 3. The summed E-state index contributed by atoms with van der Waals surface area (Å²) in [4.78, 5) is 0. The van der Waals surface area contributed by atoms with Crippen molar-refractivity contribution >= 4 is 11.0 Å². The summed E-state index contributed by atoms with van der Waals surface area (Å²) < 4.78 is 7.36. The lowest BCUT2D eigenvalue weighted by molar-refractivity contribution is 0.110. The van der Waals surface area contributed by atoms with Gasteiger partial charge in [0.15, 0.2) is 0 Å². The molecule has 1 aromatic carbocycles. The van der Waals surface area contributed by atoms with Crippen molar-refractivity contribution < 1.29 is 9.84 Å². The smallest absolute Gasteiger partial charge is 0.117 e. The molecule has 1 saturated carbocycles. The standard InChI is InChI=1S/C11H13N3O2/c15-8-1-4-11-10(7-8)12-13-14(11)5-6-16-9-2-3-9/h1,4,7,9,15H,2-3,5-6H2. The summed E-state index contributed by atoms with van der Waals surface area (Å²) in [5, 5.41) is 17.3. The van der Waals surface area contributed by atoms with Gasteiger partial charge in [0.2, 0.25) is 0 Å². The first-order valence-electron chi connectivity index (χ1n) is 5.47. The number of fused-ring (bicyclic) bond motifs is 1. The van der Waals surface area contributed by atoms with Crippen molar-refractivity contribution in [1.29, 1.82) is 0 Å². The second-order valence-corrected chi connectivity index (χ2v) is 4.06. The summed E-state index contributed by atoms with van der Waals surface area (Å²) in [5.74, 6) is 0.216. The molecule has 1 heterocycles. The molecule has 1 aliphatic rings. The van der Waals surface area contributed by atoms with E-state index in [2.05, 4.69) is 10.3 Å². The van der Waals surface area contributed by atoms with Gasteiger partial charge in [-0.3, -0.25) is 0 Å². The van der Waals surface area contributed by atoms with Crippen LogP contribution in [-0.2, 0) is 11.3 Å². The number of nitrogens with zero attached hydrogens (tertiary/aromatic N) is 3. The molecule has 1 N–H and O–H groups in total. The molecule has 0 amide bonds. The lowest BCUT2D eigenvalue weighted by atomic mass is 10.3. The van der Waals surface area contributed by atoms with Gasteiger partial charge in [-0.2, -0.15) is 0 Å². The molecule has 2 aromatic rings. The van der Waals surface area contributed by atoms with Crippen LogP contribution in [-0.4, -0.2) is 32.8 Å². The average Bonchev–Trinajstić information content (AvgIpc) is 3.00. The largest absolute Gasteiger partial charge is 0.508 e. The minimum Gasteiger partial charge on any atom is -0.508 e. The molecule has 5 heteroatoms. The van der Waals surface area contributed by atoms with Gasteiger partial charge in [0, 0.05) is 6.07 Å². The van der Waals surface area contributed by atoms with Crippen LogP contribution in [0.2, 0.25) is 0 Å². The first kappa shape index (κ1) is 9.59. The lowest BCUT2D eigenvalue weighted by Crippen LogP contribution is -2.08. The van der Waals surface area contributed by atoms with Crippen molar-refractivity contribution in [3.63, 3.8) is 0 Å². The van der Waals surface area contributed by atoms with E-state index >= 15 is 0 Å². The van der Waals surface area contributed by atoms with Crippen molar-refractivity contribution in [2.24, 2.45) is 0 Å². The third-order valence-electron chi connectivity index (χ3n) is 2.68. The number of hydrogen-bond acceptors (Lipinski definition) is 4. The van der Waals surface area contributed by atoms with Crippen LogP contribution in [0.5, 0.6) is 5.75 Å². The summed E-state index contributed by atoms with van der Waals surface area (Å²) >= 11 is 0. The van der Waals surface area contributed by atoms with Gasteiger partial charge in [-0.25, -0.2) is 4.68 Å². The van der Waals surface area contributed by atoms with Gasteiger partial charge in [0.05, 0.1) is 24.8 Å². The van der Waals surface area contributed by atoms with Gasteiger partial charge >= 0.3 is 0 Å². The highest BCUT2D eigenvalue weighted by atomic mass is 16.5. The second-order valence-electron chi connectivity index (χ2n) is 4.06. The van der Waals surface area contributed by atoms with E-state index in [1.807, 2.05) is 6.07 Å². The van der Waals surface area contributed by atoms with E-state index < -0.39 is 0 Å². The molecule has 0 radical (unpaired) electrons. The van der Waals surface area contributed by atoms with Crippen LogP contribution in [0.4, 0.5) is 0 Å². The molecule has 16 heavy (non-hydrogen) atoms. The highest BCUT2D eigenvalue weighted by molar-refractivity contribution is 5.75. The summed E-state index contributed by atoms with van der Waals surface area (Å²) in [6, 6.07) is 5.08. The highest BCUT2D eigenvalue weighted by Gasteiger charge is 2.21. The Labute approximate surface area is 92.6 Å². The first-order chi connectivity index (χ1) is 7.83. The van der Waals surface area contributed by atoms with Crippen LogP contribution in [0.25, 0.3) is 11.0 Å². The molecular formula is C11H13N3O2. The Bertz CT molecular complexity index is 505. The second kappa shape index (κ2) is 3.75. The Morgan fingerprint density at radius 1 is 1.44 bits per heavy atom. The van der Waals surface area contributed by atoms with E-state index in [9.17, 15) is 5.11 Å². The number of phenols is 1. The maximum Gasteiger partial charge on any atom is 0.117 e. The monoisotopic (exact) mass is 219 g/mol. The molecule has 84 valence electrons.